The largest absolute Gasteiger partial charge is 0.384 e. The molecule has 0 spiro atoms. The highest BCUT2D eigenvalue weighted by atomic mass is 16.1. The lowest BCUT2D eigenvalue weighted by molar-refractivity contribution is 0.102. The molecule has 6 heteroatoms. The molecule has 122 valence electrons. The summed E-state index contributed by atoms with van der Waals surface area (Å²) >= 11 is 0. The first kappa shape index (κ1) is 15.7. The van der Waals surface area contributed by atoms with Gasteiger partial charge in [-0.3, -0.25) is 9.36 Å². The molecular weight excluding hydrogens is 302 g/mol. The van der Waals surface area contributed by atoms with Crippen molar-refractivity contribution in [3.05, 3.63) is 66.4 Å². The van der Waals surface area contributed by atoms with Crippen LogP contribution in [0.3, 0.4) is 0 Å². The van der Waals surface area contributed by atoms with Crippen LogP contribution >= 0.6 is 0 Å². The van der Waals surface area contributed by atoms with Crippen LogP contribution < -0.4 is 10.6 Å². The number of imidazole rings is 1. The molecule has 1 amide bonds. The summed E-state index contributed by atoms with van der Waals surface area (Å²) in [5, 5.41) is 6.23. The average molecular weight is 321 g/mol. The van der Waals surface area contributed by atoms with Gasteiger partial charge in [-0.2, -0.15) is 0 Å². The minimum Gasteiger partial charge on any atom is -0.384 e. The third-order valence-electron chi connectivity index (χ3n) is 3.57. The fourth-order valence-corrected chi connectivity index (χ4v) is 2.39. The van der Waals surface area contributed by atoms with E-state index in [-0.39, 0.29) is 5.91 Å². The van der Waals surface area contributed by atoms with Crippen molar-refractivity contribution in [2.45, 2.75) is 13.8 Å². The van der Waals surface area contributed by atoms with Gasteiger partial charge in [0.05, 0.1) is 11.4 Å². The van der Waals surface area contributed by atoms with E-state index in [4.69, 9.17) is 0 Å². The van der Waals surface area contributed by atoms with Crippen LogP contribution in [0.5, 0.6) is 0 Å². The second kappa shape index (κ2) is 6.95. The van der Waals surface area contributed by atoms with Gasteiger partial charge in [0.15, 0.2) is 0 Å². The predicted molar refractivity (Wildman–Crippen MR) is 94.7 cm³/mol. The molecule has 0 unspecified atom stereocenters. The van der Waals surface area contributed by atoms with E-state index < -0.39 is 0 Å². The Bertz CT molecular complexity index is 842. The topological polar surface area (TPSA) is 71.8 Å². The van der Waals surface area contributed by atoms with Crippen molar-refractivity contribution in [1.29, 1.82) is 0 Å². The molecule has 3 aromatic rings. The SMILES string of the molecule is CCNc1cc(C)ccc1NC(=O)c1ccnc(-n2ccnc2)c1. The number of carbonyl (C=O) groups excluding carboxylic acids is 1. The minimum absolute atomic E-state index is 0.179. The van der Waals surface area contributed by atoms with E-state index in [9.17, 15) is 4.79 Å². The Hall–Kier alpha value is -3.15. The molecule has 0 fully saturated rings. The zero-order valence-corrected chi connectivity index (χ0v) is 13.7. The maximum atomic E-state index is 12.6. The van der Waals surface area contributed by atoms with Crippen LogP contribution in [-0.4, -0.2) is 27.0 Å². The number of anilines is 2. The first-order chi connectivity index (χ1) is 11.7. The quantitative estimate of drug-likeness (QED) is 0.756. The Morgan fingerprint density at radius 3 is 2.79 bits per heavy atom. The van der Waals surface area contributed by atoms with E-state index in [1.807, 2.05) is 32.0 Å². The molecule has 2 N–H and O–H groups in total. The molecule has 0 aliphatic heterocycles. The highest BCUT2D eigenvalue weighted by molar-refractivity contribution is 6.06. The number of aromatic nitrogens is 3. The standard InChI is InChI=1S/C18H19N5O/c1-3-20-16-10-13(2)4-5-15(16)22-18(24)14-6-7-21-17(11-14)23-9-8-19-12-23/h4-12,20H,3H2,1-2H3,(H,22,24). The van der Waals surface area contributed by atoms with Crippen LogP contribution in [-0.2, 0) is 0 Å². The van der Waals surface area contributed by atoms with Gasteiger partial charge in [0.1, 0.15) is 12.1 Å². The Morgan fingerprint density at radius 2 is 2.04 bits per heavy atom. The number of hydrogen-bond acceptors (Lipinski definition) is 4. The first-order valence-electron chi connectivity index (χ1n) is 7.77. The number of pyridine rings is 1. The lowest BCUT2D eigenvalue weighted by Gasteiger charge is -2.13. The van der Waals surface area contributed by atoms with Crippen molar-refractivity contribution in [2.75, 3.05) is 17.2 Å². The van der Waals surface area contributed by atoms with Crippen molar-refractivity contribution in [3.63, 3.8) is 0 Å². The molecule has 3 rings (SSSR count). The summed E-state index contributed by atoms with van der Waals surface area (Å²) < 4.78 is 1.76. The summed E-state index contributed by atoms with van der Waals surface area (Å²) in [6.07, 6.45) is 6.72. The number of aryl methyl sites for hydroxylation is 1. The van der Waals surface area contributed by atoms with Gasteiger partial charge in [0.2, 0.25) is 0 Å². The molecule has 0 saturated carbocycles. The van der Waals surface area contributed by atoms with Crippen LogP contribution in [0, 0.1) is 6.92 Å². The lowest BCUT2D eigenvalue weighted by Crippen LogP contribution is -2.14. The predicted octanol–water partition coefficient (Wildman–Crippen LogP) is 3.26. The van der Waals surface area contributed by atoms with Gasteiger partial charge >= 0.3 is 0 Å². The Labute approximate surface area is 140 Å². The number of rotatable bonds is 5. The molecule has 2 heterocycles. The van der Waals surface area contributed by atoms with Crippen molar-refractivity contribution < 1.29 is 4.79 Å². The summed E-state index contributed by atoms with van der Waals surface area (Å²) in [4.78, 5) is 20.8. The van der Waals surface area contributed by atoms with Gasteiger partial charge in [0, 0.05) is 30.7 Å². The Kier molecular flexibility index (Phi) is 4.56. The number of amides is 1. The van der Waals surface area contributed by atoms with Crippen LogP contribution in [0.2, 0.25) is 0 Å². The molecular formula is C18H19N5O. The van der Waals surface area contributed by atoms with Gasteiger partial charge in [0.25, 0.3) is 5.91 Å². The normalized spacial score (nSPS) is 10.4. The molecule has 0 atom stereocenters. The molecule has 24 heavy (non-hydrogen) atoms. The van der Waals surface area contributed by atoms with E-state index in [0.717, 1.165) is 23.5 Å². The van der Waals surface area contributed by atoms with Gasteiger partial charge in [-0.15, -0.1) is 0 Å². The van der Waals surface area contributed by atoms with E-state index in [2.05, 4.69) is 20.6 Å². The fourth-order valence-electron chi connectivity index (χ4n) is 2.39. The van der Waals surface area contributed by atoms with E-state index in [1.54, 1.807) is 41.6 Å². The fraction of sp³-hybridized carbons (Fsp3) is 0.167. The van der Waals surface area contributed by atoms with Crippen LogP contribution in [0.4, 0.5) is 11.4 Å². The summed E-state index contributed by atoms with van der Waals surface area (Å²) in [6.45, 7) is 4.83. The molecule has 0 aliphatic rings. The monoisotopic (exact) mass is 321 g/mol. The number of carbonyl (C=O) groups is 1. The van der Waals surface area contributed by atoms with Crippen LogP contribution in [0.25, 0.3) is 5.82 Å². The highest BCUT2D eigenvalue weighted by Gasteiger charge is 2.11. The van der Waals surface area contributed by atoms with Crippen molar-refractivity contribution in [2.24, 2.45) is 0 Å². The molecule has 0 aliphatic carbocycles. The molecule has 0 bridgehead atoms. The van der Waals surface area contributed by atoms with Gasteiger partial charge in [-0.05, 0) is 43.7 Å². The number of benzene rings is 1. The van der Waals surface area contributed by atoms with Crippen LogP contribution in [0.1, 0.15) is 22.8 Å². The zero-order chi connectivity index (χ0) is 16.9. The van der Waals surface area contributed by atoms with Gasteiger partial charge < -0.3 is 10.6 Å². The third kappa shape index (κ3) is 3.43. The zero-order valence-electron chi connectivity index (χ0n) is 13.7. The second-order valence-corrected chi connectivity index (χ2v) is 5.41. The average Bonchev–Trinajstić information content (AvgIpc) is 3.12. The van der Waals surface area contributed by atoms with Gasteiger partial charge in [-0.25, -0.2) is 9.97 Å². The molecule has 0 saturated heterocycles. The first-order valence-corrected chi connectivity index (χ1v) is 7.77. The van der Waals surface area contributed by atoms with Crippen LogP contribution in [0.15, 0.2) is 55.2 Å². The molecule has 2 aromatic heterocycles. The van der Waals surface area contributed by atoms with Crippen molar-refractivity contribution in [3.8, 4) is 5.82 Å². The number of nitrogens with zero attached hydrogens (tertiary/aromatic N) is 3. The number of nitrogens with one attached hydrogen (secondary N) is 2. The third-order valence-corrected chi connectivity index (χ3v) is 3.57. The summed E-state index contributed by atoms with van der Waals surface area (Å²) in [5.41, 5.74) is 3.34. The lowest BCUT2D eigenvalue weighted by atomic mass is 10.1. The molecule has 6 nitrogen and oxygen atoms in total. The summed E-state index contributed by atoms with van der Waals surface area (Å²) in [7, 11) is 0. The smallest absolute Gasteiger partial charge is 0.255 e. The minimum atomic E-state index is -0.179. The van der Waals surface area contributed by atoms with E-state index in [0.29, 0.717) is 11.4 Å². The summed E-state index contributed by atoms with van der Waals surface area (Å²) in [6, 6.07) is 9.32. The van der Waals surface area contributed by atoms with Gasteiger partial charge in [-0.1, -0.05) is 6.07 Å². The molecule has 0 radical (unpaired) electrons. The highest BCUT2D eigenvalue weighted by Crippen LogP contribution is 2.23. The molecule has 1 aromatic carbocycles. The number of hydrogen-bond donors (Lipinski definition) is 2. The summed E-state index contributed by atoms with van der Waals surface area (Å²) in [5.74, 6) is 0.470. The second-order valence-electron chi connectivity index (χ2n) is 5.41. The Morgan fingerprint density at radius 1 is 1.17 bits per heavy atom. The van der Waals surface area contributed by atoms with Crippen molar-refractivity contribution in [1.82, 2.24) is 14.5 Å². The van der Waals surface area contributed by atoms with E-state index >= 15 is 0 Å². The van der Waals surface area contributed by atoms with E-state index in [1.165, 1.54) is 0 Å². The maximum absolute atomic E-state index is 12.6. The van der Waals surface area contributed by atoms with Crippen molar-refractivity contribution >= 4 is 17.3 Å². The maximum Gasteiger partial charge on any atom is 0.255 e. The Balaban J connectivity index is 1.84.